The third-order valence-electron chi connectivity index (χ3n) is 1.77. The molecule has 1 aromatic carbocycles. The maximum atomic E-state index is 3.81. The molecule has 4 nitrogen and oxygen atoms in total. The number of tetrazole rings is 1. The van der Waals surface area contributed by atoms with Crippen LogP contribution in [-0.2, 0) is 0 Å². The Kier molecular flexibility index (Phi) is 2.10. The van der Waals surface area contributed by atoms with E-state index in [0.717, 1.165) is 15.7 Å². The number of aromatic nitrogens is 4. The van der Waals surface area contributed by atoms with Crippen LogP contribution in [0.25, 0.3) is 5.69 Å². The van der Waals surface area contributed by atoms with Gasteiger partial charge in [0.25, 0.3) is 0 Å². The number of hydrogen-bond acceptors (Lipinski definition) is 3. The molecule has 0 N–H and O–H groups in total. The lowest BCUT2D eigenvalue weighted by Gasteiger charge is -2.04. The van der Waals surface area contributed by atoms with Gasteiger partial charge in [0.2, 0.25) is 0 Å². The first-order valence-electron chi connectivity index (χ1n) is 3.77. The van der Waals surface area contributed by atoms with Crippen molar-refractivity contribution in [2.24, 2.45) is 0 Å². The highest BCUT2D eigenvalue weighted by Crippen LogP contribution is 2.23. The molecule has 0 amide bonds. The minimum atomic E-state index is 0.949. The molecule has 1 aromatic heterocycles. The molecule has 0 aliphatic rings. The summed E-state index contributed by atoms with van der Waals surface area (Å²) in [6.07, 6.45) is 1.57. The van der Waals surface area contributed by atoms with Crippen molar-refractivity contribution in [1.82, 2.24) is 20.2 Å². The maximum absolute atomic E-state index is 3.81. The van der Waals surface area contributed by atoms with E-state index in [1.807, 2.05) is 25.1 Å². The van der Waals surface area contributed by atoms with Crippen LogP contribution in [0.15, 0.2) is 29.0 Å². The van der Waals surface area contributed by atoms with Gasteiger partial charge in [0.15, 0.2) is 0 Å². The van der Waals surface area contributed by atoms with Crippen LogP contribution in [0.2, 0.25) is 0 Å². The number of halogens is 1. The van der Waals surface area contributed by atoms with Gasteiger partial charge in [0, 0.05) is 4.47 Å². The Balaban J connectivity index is 2.59. The summed E-state index contributed by atoms with van der Waals surface area (Å²) in [6, 6.07) is 5.95. The van der Waals surface area contributed by atoms with E-state index >= 15 is 0 Å². The molecule has 2 aromatic rings. The SMILES string of the molecule is Cc1cccc(-n2cnnn2)c1Br. The van der Waals surface area contributed by atoms with E-state index in [1.165, 1.54) is 0 Å². The van der Waals surface area contributed by atoms with E-state index in [2.05, 4.69) is 31.5 Å². The van der Waals surface area contributed by atoms with Crippen molar-refractivity contribution in [1.29, 1.82) is 0 Å². The first-order chi connectivity index (χ1) is 6.29. The Bertz CT molecular complexity index is 410. The normalized spacial score (nSPS) is 10.3. The molecule has 1 heterocycles. The molecule has 0 aliphatic carbocycles. The summed E-state index contributed by atoms with van der Waals surface area (Å²) < 4.78 is 2.64. The number of rotatable bonds is 1. The van der Waals surface area contributed by atoms with Gasteiger partial charge in [0.05, 0.1) is 5.69 Å². The number of benzene rings is 1. The average molecular weight is 239 g/mol. The van der Waals surface area contributed by atoms with Crippen LogP contribution in [0, 0.1) is 6.92 Å². The average Bonchev–Trinajstić information content (AvgIpc) is 2.62. The van der Waals surface area contributed by atoms with Gasteiger partial charge in [-0.1, -0.05) is 12.1 Å². The molecule has 0 unspecified atom stereocenters. The first kappa shape index (κ1) is 8.37. The molecule has 0 fully saturated rings. The highest BCUT2D eigenvalue weighted by atomic mass is 79.9. The van der Waals surface area contributed by atoms with E-state index in [4.69, 9.17) is 0 Å². The molecule has 2 rings (SSSR count). The topological polar surface area (TPSA) is 43.6 Å². The van der Waals surface area contributed by atoms with Gasteiger partial charge in [-0.3, -0.25) is 0 Å². The molecular weight excluding hydrogens is 232 g/mol. The predicted octanol–water partition coefficient (Wildman–Crippen LogP) is 1.73. The third kappa shape index (κ3) is 1.47. The van der Waals surface area contributed by atoms with Crippen LogP contribution in [0.4, 0.5) is 0 Å². The second kappa shape index (κ2) is 3.26. The summed E-state index contributed by atoms with van der Waals surface area (Å²) in [5, 5.41) is 11.0. The molecule has 0 saturated heterocycles. The van der Waals surface area contributed by atoms with Gasteiger partial charge in [-0.15, -0.1) is 5.10 Å². The number of nitrogens with zero attached hydrogens (tertiary/aromatic N) is 4. The summed E-state index contributed by atoms with van der Waals surface area (Å²) in [4.78, 5) is 0. The van der Waals surface area contributed by atoms with Crippen LogP contribution >= 0.6 is 15.9 Å². The van der Waals surface area contributed by atoms with E-state index in [-0.39, 0.29) is 0 Å². The quantitative estimate of drug-likeness (QED) is 0.761. The van der Waals surface area contributed by atoms with Gasteiger partial charge < -0.3 is 0 Å². The monoisotopic (exact) mass is 238 g/mol. The fourth-order valence-corrected chi connectivity index (χ4v) is 1.53. The zero-order chi connectivity index (χ0) is 9.26. The lowest BCUT2D eigenvalue weighted by atomic mass is 10.2. The molecule has 0 aliphatic heterocycles. The van der Waals surface area contributed by atoms with Crippen LogP contribution in [0.1, 0.15) is 5.56 Å². The van der Waals surface area contributed by atoms with E-state index in [9.17, 15) is 0 Å². The van der Waals surface area contributed by atoms with Crippen molar-refractivity contribution in [3.05, 3.63) is 34.6 Å². The highest BCUT2D eigenvalue weighted by Gasteiger charge is 2.04. The molecular formula is C8H7BrN4. The lowest BCUT2D eigenvalue weighted by Crippen LogP contribution is -1.96. The molecule has 5 heteroatoms. The van der Waals surface area contributed by atoms with Gasteiger partial charge in [0.1, 0.15) is 6.33 Å². The van der Waals surface area contributed by atoms with Crippen molar-refractivity contribution in [3.8, 4) is 5.69 Å². The molecule has 0 radical (unpaired) electrons. The van der Waals surface area contributed by atoms with Gasteiger partial charge in [-0.05, 0) is 44.9 Å². The predicted molar refractivity (Wildman–Crippen MR) is 51.6 cm³/mol. The molecule has 0 saturated carbocycles. The Hall–Kier alpha value is -1.23. The fraction of sp³-hybridized carbons (Fsp3) is 0.125. The minimum absolute atomic E-state index is 0.949. The van der Waals surface area contributed by atoms with Crippen molar-refractivity contribution in [2.75, 3.05) is 0 Å². The summed E-state index contributed by atoms with van der Waals surface area (Å²) in [5.41, 5.74) is 2.11. The van der Waals surface area contributed by atoms with E-state index in [0.29, 0.717) is 0 Å². The molecule has 66 valence electrons. The van der Waals surface area contributed by atoms with E-state index < -0.39 is 0 Å². The molecule has 13 heavy (non-hydrogen) atoms. The van der Waals surface area contributed by atoms with Crippen LogP contribution in [0.5, 0.6) is 0 Å². The number of aryl methyl sites for hydroxylation is 1. The second-order valence-corrected chi connectivity index (χ2v) is 3.46. The maximum Gasteiger partial charge on any atom is 0.143 e. The second-order valence-electron chi connectivity index (χ2n) is 2.66. The zero-order valence-corrected chi connectivity index (χ0v) is 8.56. The summed E-state index contributed by atoms with van der Waals surface area (Å²) in [5.74, 6) is 0. The van der Waals surface area contributed by atoms with Gasteiger partial charge in [-0.25, -0.2) is 0 Å². The summed E-state index contributed by atoms with van der Waals surface area (Å²) in [6.45, 7) is 2.03. The minimum Gasteiger partial charge on any atom is -0.199 e. The zero-order valence-electron chi connectivity index (χ0n) is 6.98. The van der Waals surface area contributed by atoms with Crippen molar-refractivity contribution in [3.63, 3.8) is 0 Å². The largest absolute Gasteiger partial charge is 0.199 e. The van der Waals surface area contributed by atoms with Gasteiger partial charge >= 0.3 is 0 Å². The molecule has 0 spiro atoms. The molecule has 0 atom stereocenters. The first-order valence-corrected chi connectivity index (χ1v) is 4.57. The lowest BCUT2D eigenvalue weighted by molar-refractivity contribution is 0.786. The smallest absolute Gasteiger partial charge is 0.143 e. The Morgan fingerprint density at radius 1 is 1.38 bits per heavy atom. The van der Waals surface area contributed by atoms with Crippen molar-refractivity contribution in [2.45, 2.75) is 6.92 Å². The van der Waals surface area contributed by atoms with Crippen molar-refractivity contribution < 1.29 is 0 Å². The fourth-order valence-electron chi connectivity index (χ4n) is 1.08. The third-order valence-corrected chi connectivity index (χ3v) is 2.80. The highest BCUT2D eigenvalue weighted by molar-refractivity contribution is 9.10. The molecule has 0 bridgehead atoms. The van der Waals surface area contributed by atoms with E-state index in [1.54, 1.807) is 11.0 Å². The van der Waals surface area contributed by atoms with Crippen LogP contribution < -0.4 is 0 Å². The summed E-state index contributed by atoms with van der Waals surface area (Å²) in [7, 11) is 0. The van der Waals surface area contributed by atoms with Crippen LogP contribution in [-0.4, -0.2) is 20.2 Å². The Morgan fingerprint density at radius 3 is 2.92 bits per heavy atom. The standard InChI is InChI=1S/C8H7BrN4/c1-6-3-2-4-7(8(6)9)13-5-10-11-12-13/h2-5H,1H3. The van der Waals surface area contributed by atoms with Crippen LogP contribution in [0.3, 0.4) is 0 Å². The Labute approximate surface area is 83.7 Å². The number of hydrogen-bond donors (Lipinski definition) is 0. The Morgan fingerprint density at radius 2 is 2.23 bits per heavy atom. The van der Waals surface area contributed by atoms with Gasteiger partial charge in [-0.2, -0.15) is 4.68 Å². The van der Waals surface area contributed by atoms with Crippen molar-refractivity contribution >= 4 is 15.9 Å². The summed E-state index contributed by atoms with van der Waals surface area (Å²) >= 11 is 3.49.